The highest BCUT2D eigenvalue weighted by atomic mass is 19.1. The minimum atomic E-state index is -1.25. The first kappa shape index (κ1) is 9.51. The van der Waals surface area contributed by atoms with E-state index < -0.39 is 11.8 Å². The van der Waals surface area contributed by atoms with Crippen molar-refractivity contribution in [2.75, 3.05) is 19.0 Å². The first-order valence-electron chi connectivity index (χ1n) is 3.73. The molecular weight excluding hydrogens is 173 g/mol. The topological polar surface area (TPSA) is 40.5 Å². The molecule has 0 saturated carbocycles. The van der Waals surface area contributed by atoms with E-state index in [-0.39, 0.29) is 11.3 Å². The predicted octanol–water partition coefficient (Wildman–Crippen LogP) is 1.59. The van der Waals surface area contributed by atoms with E-state index in [9.17, 15) is 9.18 Å². The van der Waals surface area contributed by atoms with Crippen molar-refractivity contribution in [2.24, 2.45) is 0 Å². The summed E-state index contributed by atoms with van der Waals surface area (Å²) < 4.78 is 13.4. The van der Waals surface area contributed by atoms with Crippen molar-refractivity contribution in [1.29, 1.82) is 0 Å². The fraction of sp³-hybridized carbons (Fsp3) is 0.222. The molecule has 1 aromatic carbocycles. The van der Waals surface area contributed by atoms with E-state index in [2.05, 4.69) is 0 Å². The lowest BCUT2D eigenvalue weighted by Gasteiger charge is -2.13. The lowest BCUT2D eigenvalue weighted by atomic mass is 10.2. The molecule has 0 aliphatic rings. The summed E-state index contributed by atoms with van der Waals surface area (Å²) in [7, 11) is 3.31. The quantitative estimate of drug-likeness (QED) is 0.756. The van der Waals surface area contributed by atoms with Crippen molar-refractivity contribution in [2.45, 2.75) is 0 Å². The van der Waals surface area contributed by atoms with Gasteiger partial charge in [-0.15, -0.1) is 0 Å². The zero-order chi connectivity index (χ0) is 10.0. The molecule has 0 aliphatic heterocycles. The van der Waals surface area contributed by atoms with Crippen LogP contribution in [0.4, 0.5) is 10.1 Å². The Bertz CT molecular complexity index is 336. The molecule has 0 radical (unpaired) electrons. The van der Waals surface area contributed by atoms with Gasteiger partial charge in [0.2, 0.25) is 0 Å². The lowest BCUT2D eigenvalue weighted by molar-refractivity contribution is 0.0692. The Morgan fingerprint density at radius 3 is 2.54 bits per heavy atom. The molecule has 1 rings (SSSR count). The second-order valence-corrected chi connectivity index (χ2v) is 2.84. The van der Waals surface area contributed by atoms with Crippen molar-refractivity contribution in [3.63, 3.8) is 0 Å². The first-order valence-corrected chi connectivity index (χ1v) is 3.73. The Morgan fingerprint density at radius 2 is 2.08 bits per heavy atom. The van der Waals surface area contributed by atoms with Crippen LogP contribution in [0.15, 0.2) is 18.2 Å². The summed E-state index contributed by atoms with van der Waals surface area (Å²) in [6.45, 7) is 0. The smallest absolute Gasteiger partial charge is 0.338 e. The second kappa shape index (κ2) is 3.43. The molecule has 13 heavy (non-hydrogen) atoms. The normalized spacial score (nSPS) is 9.77. The van der Waals surface area contributed by atoms with Gasteiger partial charge in [-0.3, -0.25) is 0 Å². The molecule has 3 nitrogen and oxygen atoms in total. The average molecular weight is 183 g/mol. The summed E-state index contributed by atoms with van der Waals surface area (Å²) in [5.41, 5.74) is -0.0221. The van der Waals surface area contributed by atoms with E-state index in [4.69, 9.17) is 5.11 Å². The van der Waals surface area contributed by atoms with Gasteiger partial charge in [-0.1, -0.05) is 6.07 Å². The van der Waals surface area contributed by atoms with E-state index >= 15 is 0 Å². The van der Waals surface area contributed by atoms with Crippen LogP contribution < -0.4 is 4.90 Å². The van der Waals surface area contributed by atoms with Crippen LogP contribution in [-0.4, -0.2) is 25.2 Å². The Hall–Kier alpha value is -1.58. The number of anilines is 1. The fourth-order valence-corrected chi connectivity index (χ4v) is 1.03. The minimum Gasteiger partial charge on any atom is -0.478 e. The largest absolute Gasteiger partial charge is 0.478 e. The molecule has 0 heterocycles. The highest BCUT2D eigenvalue weighted by molar-refractivity contribution is 5.89. The summed E-state index contributed by atoms with van der Waals surface area (Å²) in [6, 6.07) is 4.29. The third-order valence-corrected chi connectivity index (χ3v) is 1.69. The van der Waals surface area contributed by atoms with E-state index in [0.29, 0.717) is 0 Å². The van der Waals surface area contributed by atoms with Crippen LogP contribution >= 0.6 is 0 Å². The predicted molar refractivity (Wildman–Crippen MR) is 47.7 cm³/mol. The van der Waals surface area contributed by atoms with Crippen molar-refractivity contribution in [3.05, 3.63) is 29.6 Å². The molecule has 1 N–H and O–H groups in total. The number of nitrogens with zero attached hydrogens (tertiary/aromatic N) is 1. The molecule has 1 aromatic rings. The van der Waals surface area contributed by atoms with Crippen molar-refractivity contribution < 1.29 is 14.3 Å². The van der Waals surface area contributed by atoms with Gasteiger partial charge in [-0.25, -0.2) is 9.18 Å². The van der Waals surface area contributed by atoms with Gasteiger partial charge in [0.1, 0.15) is 0 Å². The Balaban J connectivity index is 3.26. The summed E-state index contributed by atoms with van der Waals surface area (Å²) >= 11 is 0. The van der Waals surface area contributed by atoms with E-state index in [1.54, 1.807) is 14.1 Å². The molecule has 0 aromatic heterocycles. The Kier molecular flexibility index (Phi) is 2.51. The van der Waals surface area contributed by atoms with Gasteiger partial charge in [-0.05, 0) is 12.1 Å². The molecule has 0 atom stereocenters. The molecule has 0 spiro atoms. The van der Waals surface area contributed by atoms with Crippen molar-refractivity contribution in [3.8, 4) is 0 Å². The van der Waals surface area contributed by atoms with Crippen LogP contribution in [0.5, 0.6) is 0 Å². The van der Waals surface area contributed by atoms with Gasteiger partial charge in [0.25, 0.3) is 0 Å². The number of carboxylic acids is 1. The summed E-state index contributed by atoms with van der Waals surface area (Å²) in [5.74, 6) is -1.94. The van der Waals surface area contributed by atoms with Crippen LogP contribution in [0.2, 0.25) is 0 Å². The number of hydrogen-bond donors (Lipinski definition) is 1. The number of benzene rings is 1. The fourth-order valence-electron chi connectivity index (χ4n) is 1.03. The Morgan fingerprint density at radius 1 is 1.46 bits per heavy atom. The van der Waals surface area contributed by atoms with Gasteiger partial charge in [0.05, 0.1) is 11.3 Å². The maximum atomic E-state index is 13.4. The maximum absolute atomic E-state index is 13.4. The highest BCUT2D eigenvalue weighted by Gasteiger charge is 2.14. The third kappa shape index (κ3) is 1.77. The SMILES string of the molecule is CN(C)c1cccc(C(=O)O)c1F. The Labute approximate surface area is 75.4 Å². The molecule has 0 amide bonds. The number of rotatable bonds is 2. The third-order valence-electron chi connectivity index (χ3n) is 1.69. The summed E-state index contributed by atoms with van der Waals surface area (Å²) in [5, 5.41) is 8.61. The summed E-state index contributed by atoms with van der Waals surface area (Å²) in [6.07, 6.45) is 0. The van der Waals surface area contributed by atoms with Crippen LogP contribution in [-0.2, 0) is 0 Å². The van der Waals surface area contributed by atoms with Gasteiger partial charge in [-0.2, -0.15) is 0 Å². The monoisotopic (exact) mass is 183 g/mol. The van der Waals surface area contributed by atoms with Crippen LogP contribution in [0, 0.1) is 5.82 Å². The minimum absolute atomic E-state index is 0.278. The van der Waals surface area contributed by atoms with Crippen LogP contribution in [0.25, 0.3) is 0 Å². The molecule has 4 heteroatoms. The van der Waals surface area contributed by atoms with Gasteiger partial charge in [0.15, 0.2) is 5.82 Å². The van der Waals surface area contributed by atoms with E-state index in [1.165, 1.54) is 23.1 Å². The zero-order valence-corrected chi connectivity index (χ0v) is 7.41. The number of carbonyl (C=O) groups is 1. The maximum Gasteiger partial charge on any atom is 0.338 e. The average Bonchev–Trinajstić information content (AvgIpc) is 2.03. The standard InChI is InChI=1S/C9H10FNO2/c1-11(2)7-5-3-4-6(8(7)10)9(12)13/h3-5H,1-2H3,(H,12,13). The van der Waals surface area contributed by atoms with Crippen molar-refractivity contribution in [1.82, 2.24) is 0 Å². The molecule has 0 fully saturated rings. The van der Waals surface area contributed by atoms with E-state index in [0.717, 1.165) is 0 Å². The van der Waals surface area contributed by atoms with Gasteiger partial charge in [0, 0.05) is 14.1 Å². The van der Waals surface area contributed by atoms with E-state index in [1.807, 2.05) is 0 Å². The molecule has 70 valence electrons. The molecular formula is C9H10FNO2. The molecule has 0 bridgehead atoms. The molecule has 0 unspecified atom stereocenters. The molecule has 0 aliphatic carbocycles. The van der Waals surface area contributed by atoms with Crippen molar-refractivity contribution >= 4 is 11.7 Å². The van der Waals surface area contributed by atoms with Crippen LogP contribution in [0.1, 0.15) is 10.4 Å². The first-order chi connectivity index (χ1) is 6.04. The number of halogens is 1. The number of carboxylic acid groups (broad SMARTS) is 1. The lowest BCUT2D eigenvalue weighted by Crippen LogP contribution is -2.13. The second-order valence-electron chi connectivity index (χ2n) is 2.84. The van der Waals surface area contributed by atoms with Gasteiger partial charge >= 0.3 is 5.97 Å². The highest BCUT2D eigenvalue weighted by Crippen LogP contribution is 2.19. The van der Waals surface area contributed by atoms with Crippen LogP contribution in [0.3, 0.4) is 0 Å². The van der Waals surface area contributed by atoms with Gasteiger partial charge < -0.3 is 10.0 Å². The zero-order valence-electron chi connectivity index (χ0n) is 7.41. The molecule has 0 saturated heterocycles. The number of aromatic carboxylic acids is 1. The number of hydrogen-bond acceptors (Lipinski definition) is 2. The summed E-state index contributed by atoms with van der Waals surface area (Å²) in [4.78, 5) is 12.1.